The number of hydrogen-bond acceptors (Lipinski definition) is 6. The lowest BCUT2D eigenvalue weighted by atomic mass is 10.0. The van der Waals surface area contributed by atoms with E-state index >= 15 is 0 Å². The van der Waals surface area contributed by atoms with Gasteiger partial charge in [0, 0.05) is 12.7 Å². The quantitative estimate of drug-likeness (QED) is 0.623. The second kappa shape index (κ2) is 4.81. The summed E-state index contributed by atoms with van der Waals surface area (Å²) in [5.41, 5.74) is -1.24. The second-order valence-electron chi connectivity index (χ2n) is 4.64. The van der Waals surface area contributed by atoms with Gasteiger partial charge in [0.15, 0.2) is 0 Å². The van der Waals surface area contributed by atoms with Gasteiger partial charge in [-0.15, -0.1) is 0 Å². The van der Waals surface area contributed by atoms with E-state index in [4.69, 9.17) is 9.84 Å². The summed E-state index contributed by atoms with van der Waals surface area (Å²) in [5, 5.41) is 22.7. The van der Waals surface area contributed by atoms with Gasteiger partial charge in [0.1, 0.15) is 17.6 Å². The number of nitro groups is 1. The highest BCUT2D eigenvalue weighted by Gasteiger charge is 2.30. The summed E-state index contributed by atoms with van der Waals surface area (Å²) in [6, 6.07) is 1.17. The Hall–Kier alpha value is -2.22. The molecule has 1 aromatic rings. The Morgan fingerprint density at radius 1 is 1.68 bits per heavy atom. The molecule has 2 rings (SSSR count). The first-order valence-corrected chi connectivity index (χ1v) is 5.65. The lowest BCUT2D eigenvalue weighted by molar-refractivity contribution is -0.385. The van der Waals surface area contributed by atoms with Gasteiger partial charge >= 0.3 is 11.7 Å². The van der Waals surface area contributed by atoms with E-state index in [0.717, 1.165) is 12.6 Å². The molecule has 0 saturated carbocycles. The van der Waals surface area contributed by atoms with Crippen LogP contribution in [0.25, 0.3) is 0 Å². The van der Waals surface area contributed by atoms with Crippen LogP contribution < -0.4 is 5.32 Å². The maximum absolute atomic E-state index is 11.0. The van der Waals surface area contributed by atoms with Gasteiger partial charge < -0.3 is 15.2 Å². The fourth-order valence-corrected chi connectivity index (χ4v) is 1.91. The molecule has 8 heteroatoms. The Labute approximate surface area is 108 Å². The molecule has 1 aromatic heterocycles. The Kier molecular flexibility index (Phi) is 3.34. The number of anilines is 1. The first-order valence-electron chi connectivity index (χ1n) is 5.65. The van der Waals surface area contributed by atoms with Crippen LogP contribution in [-0.4, -0.2) is 39.7 Å². The van der Waals surface area contributed by atoms with E-state index in [9.17, 15) is 14.9 Å². The average Bonchev–Trinajstić information content (AvgIpc) is 2.75. The molecule has 19 heavy (non-hydrogen) atoms. The van der Waals surface area contributed by atoms with Gasteiger partial charge in [-0.3, -0.25) is 10.1 Å². The number of pyridine rings is 1. The molecule has 8 nitrogen and oxygen atoms in total. The summed E-state index contributed by atoms with van der Waals surface area (Å²) >= 11 is 0. The normalized spacial score (nSPS) is 22.2. The first-order chi connectivity index (χ1) is 8.91. The second-order valence-corrected chi connectivity index (χ2v) is 4.64. The van der Waals surface area contributed by atoms with Crippen LogP contribution in [0.4, 0.5) is 11.5 Å². The largest absolute Gasteiger partial charge is 0.477 e. The number of carbonyl (C=O) groups is 1. The van der Waals surface area contributed by atoms with Gasteiger partial charge in [0.25, 0.3) is 0 Å². The minimum Gasteiger partial charge on any atom is -0.477 e. The van der Waals surface area contributed by atoms with Gasteiger partial charge in [-0.25, -0.2) is 9.78 Å². The molecule has 0 aromatic carbocycles. The molecule has 0 spiro atoms. The van der Waals surface area contributed by atoms with E-state index in [1.54, 1.807) is 0 Å². The molecular formula is C11H13N3O5. The van der Waals surface area contributed by atoms with Gasteiger partial charge in [0.2, 0.25) is 0 Å². The van der Waals surface area contributed by atoms with E-state index in [1.807, 2.05) is 6.92 Å². The maximum Gasteiger partial charge on any atom is 0.342 e. The third kappa shape index (κ3) is 2.79. The fraction of sp³-hybridized carbons (Fsp3) is 0.455. The Balaban J connectivity index is 2.30. The number of nitrogens with one attached hydrogen (secondary N) is 1. The molecular weight excluding hydrogens is 254 g/mol. The Morgan fingerprint density at radius 2 is 2.42 bits per heavy atom. The molecule has 2 N–H and O–H groups in total. The number of rotatable bonds is 4. The van der Waals surface area contributed by atoms with Crippen molar-refractivity contribution < 1.29 is 19.6 Å². The third-order valence-electron chi connectivity index (χ3n) is 2.96. The van der Waals surface area contributed by atoms with E-state index in [-0.39, 0.29) is 16.9 Å². The molecule has 1 saturated heterocycles. The summed E-state index contributed by atoms with van der Waals surface area (Å²) in [4.78, 5) is 24.8. The van der Waals surface area contributed by atoms with Crippen molar-refractivity contribution in [3.05, 3.63) is 27.9 Å². The highest BCUT2D eigenvalue weighted by molar-refractivity contribution is 5.93. The number of carboxylic acids is 1. The highest BCUT2D eigenvalue weighted by Crippen LogP contribution is 2.25. The highest BCUT2D eigenvalue weighted by atomic mass is 16.6. The summed E-state index contributed by atoms with van der Waals surface area (Å²) in [6.07, 6.45) is 1.71. The molecule has 1 fully saturated rings. The molecule has 2 heterocycles. The van der Waals surface area contributed by atoms with E-state index in [1.165, 1.54) is 6.07 Å². The lowest BCUT2D eigenvalue weighted by Crippen LogP contribution is -2.35. The molecule has 0 amide bonds. The van der Waals surface area contributed by atoms with Crippen LogP contribution in [-0.2, 0) is 4.74 Å². The standard InChI is InChI=1S/C11H13N3O5/c1-11(2-3-19-6-11)13-9-4-7(10(15)16)8(5-12-9)14(17)18/h4-5H,2-3,6H2,1H3,(H,12,13)(H,15,16). The van der Waals surface area contributed by atoms with Gasteiger partial charge in [-0.05, 0) is 13.3 Å². The number of aromatic carboxylic acids is 1. The minimum atomic E-state index is -1.36. The van der Waals surface area contributed by atoms with E-state index in [0.29, 0.717) is 13.2 Å². The van der Waals surface area contributed by atoms with Gasteiger partial charge in [0.05, 0.1) is 17.1 Å². The van der Waals surface area contributed by atoms with Crippen LogP contribution in [0.1, 0.15) is 23.7 Å². The zero-order chi connectivity index (χ0) is 14.0. The van der Waals surface area contributed by atoms with Crippen LogP contribution in [0.2, 0.25) is 0 Å². The molecule has 1 aliphatic rings. The zero-order valence-corrected chi connectivity index (χ0v) is 10.3. The molecule has 102 valence electrons. The van der Waals surface area contributed by atoms with Crippen molar-refractivity contribution in [1.82, 2.24) is 4.98 Å². The minimum absolute atomic E-state index is 0.288. The average molecular weight is 267 g/mol. The van der Waals surface area contributed by atoms with Crippen molar-refractivity contribution in [2.24, 2.45) is 0 Å². The van der Waals surface area contributed by atoms with Crippen LogP contribution >= 0.6 is 0 Å². The molecule has 0 bridgehead atoms. The zero-order valence-electron chi connectivity index (χ0n) is 10.3. The fourth-order valence-electron chi connectivity index (χ4n) is 1.91. The molecule has 0 aliphatic carbocycles. The lowest BCUT2D eigenvalue weighted by Gasteiger charge is -2.24. The molecule has 1 unspecified atom stereocenters. The molecule has 0 radical (unpaired) electrons. The number of ether oxygens (including phenoxy) is 1. The summed E-state index contributed by atoms with van der Waals surface area (Å²) < 4.78 is 5.26. The van der Waals surface area contributed by atoms with Crippen LogP contribution in [0, 0.1) is 10.1 Å². The van der Waals surface area contributed by atoms with Crippen molar-refractivity contribution in [2.45, 2.75) is 18.9 Å². The van der Waals surface area contributed by atoms with Crippen LogP contribution in [0.15, 0.2) is 12.3 Å². The SMILES string of the molecule is CC1(Nc2cc(C(=O)O)c([N+](=O)[O-])cn2)CCOC1. The van der Waals surface area contributed by atoms with Crippen molar-refractivity contribution in [1.29, 1.82) is 0 Å². The van der Waals surface area contributed by atoms with Gasteiger partial charge in [-0.2, -0.15) is 0 Å². The maximum atomic E-state index is 11.0. The topological polar surface area (TPSA) is 115 Å². The van der Waals surface area contributed by atoms with Crippen molar-refractivity contribution in [2.75, 3.05) is 18.5 Å². The van der Waals surface area contributed by atoms with E-state index < -0.39 is 16.6 Å². The number of carboxylic acid groups (broad SMARTS) is 1. The first kappa shape index (κ1) is 13.2. The van der Waals surface area contributed by atoms with Crippen molar-refractivity contribution in [3.8, 4) is 0 Å². The van der Waals surface area contributed by atoms with Gasteiger partial charge in [-0.1, -0.05) is 0 Å². The van der Waals surface area contributed by atoms with Crippen LogP contribution in [0.3, 0.4) is 0 Å². The summed E-state index contributed by atoms with van der Waals surface area (Å²) in [5.74, 6) is -1.07. The number of nitrogens with zero attached hydrogens (tertiary/aromatic N) is 2. The van der Waals surface area contributed by atoms with Crippen molar-refractivity contribution >= 4 is 17.5 Å². The summed E-state index contributed by atoms with van der Waals surface area (Å²) in [6.45, 7) is 3.01. The van der Waals surface area contributed by atoms with Crippen molar-refractivity contribution in [3.63, 3.8) is 0 Å². The smallest absolute Gasteiger partial charge is 0.342 e. The number of hydrogen-bond donors (Lipinski definition) is 2. The predicted octanol–water partition coefficient (Wildman–Crippen LogP) is 1.28. The molecule has 1 atom stereocenters. The Morgan fingerprint density at radius 3 is 2.95 bits per heavy atom. The monoisotopic (exact) mass is 267 g/mol. The number of aromatic nitrogens is 1. The van der Waals surface area contributed by atoms with Crippen LogP contribution in [0.5, 0.6) is 0 Å². The third-order valence-corrected chi connectivity index (χ3v) is 2.96. The predicted molar refractivity (Wildman–Crippen MR) is 65.3 cm³/mol. The Bertz CT molecular complexity index is 525. The summed E-state index contributed by atoms with van der Waals surface area (Å²) in [7, 11) is 0. The van der Waals surface area contributed by atoms with E-state index in [2.05, 4.69) is 10.3 Å². The molecule has 1 aliphatic heterocycles.